The minimum atomic E-state index is -0.600. The van der Waals surface area contributed by atoms with Crippen LogP contribution in [0.15, 0.2) is 34.2 Å². The SMILES string of the molecule is O=C(CSc1nc2ccccc2c(=O)n1C1CCCCC1)N1CCOC1=O. The summed E-state index contributed by atoms with van der Waals surface area (Å²) >= 11 is 1.22. The van der Waals surface area contributed by atoms with Crippen molar-refractivity contribution in [2.75, 3.05) is 18.9 Å². The summed E-state index contributed by atoms with van der Waals surface area (Å²) in [4.78, 5) is 42.8. The van der Waals surface area contributed by atoms with Gasteiger partial charge in [-0.3, -0.25) is 14.2 Å². The molecule has 1 saturated heterocycles. The number of nitrogens with zero attached hydrogens (tertiary/aromatic N) is 3. The number of hydrogen-bond donors (Lipinski definition) is 0. The largest absolute Gasteiger partial charge is 0.447 e. The highest BCUT2D eigenvalue weighted by atomic mass is 32.2. The molecule has 2 fully saturated rings. The van der Waals surface area contributed by atoms with Gasteiger partial charge in [0.2, 0.25) is 5.91 Å². The van der Waals surface area contributed by atoms with Crippen LogP contribution >= 0.6 is 11.8 Å². The molecule has 4 rings (SSSR count). The van der Waals surface area contributed by atoms with Crippen molar-refractivity contribution in [2.45, 2.75) is 43.3 Å². The van der Waals surface area contributed by atoms with E-state index in [2.05, 4.69) is 4.98 Å². The van der Waals surface area contributed by atoms with Gasteiger partial charge < -0.3 is 4.74 Å². The highest BCUT2D eigenvalue weighted by molar-refractivity contribution is 7.99. The van der Waals surface area contributed by atoms with E-state index in [1.165, 1.54) is 18.2 Å². The molecule has 7 nitrogen and oxygen atoms in total. The van der Waals surface area contributed by atoms with Gasteiger partial charge in [0.15, 0.2) is 5.16 Å². The molecule has 1 aromatic carbocycles. The van der Waals surface area contributed by atoms with E-state index in [0.29, 0.717) is 16.1 Å². The molecule has 0 bridgehead atoms. The quantitative estimate of drug-likeness (QED) is 0.593. The third kappa shape index (κ3) is 3.58. The second-order valence-electron chi connectivity index (χ2n) is 6.83. The normalized spacial score (nSPS) is 18.1. The van der Waals surface area contributed by atoms with E-state index in [1.54, 1.807) is 10.6 Å². The number of carbonyl (C=O) groups is 2. The summed E-state index contributed by atoms with van der Waals surface area (Å²) in [7, 11) is 0. The van der Waals surface area contributed by atoms with Gasteiger partial charge in [0.1, 0.15) is 6.61 Å². The van der Waals surface area contributed by atoms with Crippen molar-refractivity contribution in [3.63, 3.8) is 0 Å². The number of benzene rings is 1. The van der Waals surface area contributed by atoms with Crippen LogP contribution in [0, 0.1) is 0 Å². The Hall–Kier alpha value is -2.35. The van der Waals surface area contributed by atoms with E-state index in [9.17, 15) is 14.4 Å². The number of aromatic nitrogens is 2. The van der Waals surface area contributed by atoms with Crippen LogP contribution in [-0.4, -0.2) is 45.4 Å². The minimum absolute atomic E-state index is 0.0482. The maximum atomic E-state index is 13.1. The van der Waals surface area contributed by atoms with E-state index in [-0.39, 0.29) is 36.4 Å². The Kier molecular flexibility index (Phi) is 5.15. The zero-order chi connectivity index (χ0) is 18.8. The first-order valence-electron chi connectivity index (χ1n) is 9.26. The van der Waals surface area contributed by atoms with Crippen LogP contribution in [0.1, 0.15) is 38.1 Å². The standard InChI is InChI=1S/C19H21N3O4S/c23-16(21-10-11-26-19(21)25)12-27-18-20-15-9-5-4-8-14(15)17(24)22(18)13-6-2-1-3-7-13/h4-5,8-9,13H,1-3,6-7,10-12H2. The van der Waals surface area contributed by atoms with E-state index < -0.39 is 6.09 Å². The lowest BCUT2D eigenvalue weighted by atomic mass is 9.95. The maximum Gasteiger partial charge on any atom is 0.416 e. The molecule has 0 spiro atoms. The summed E-state index contributed by atoms with van der Waals surface area (Å²) in [5, 5.41) is 1.15. The maximum absolute atomic E-state index is 13.1. The summed E-state index contributed by atoms with van der Waals surface area (Å²) in [5.41, 5.74) is 0.577. The Morgan fingerprint density at radius 1 is 1.19 bits per heavy atom. The van der Waals surface area contributed by atoms with Crippen molar-refractivity contribution in [3.8, 4) is 0 Å². The summed E-state index contributed by atoms with van der Waals surface area (Å²) < 4.78 is 6.59. The van der Waals surface area contributed by atoms with E-state index >= 15 is 0 Å². The van der Waals surface area contributed by atoms with E-state index in [0.717, 1.165) is 30.6 Å². The van der Waals surface area contributed by atoms with Gasteiger partial charge in [-0.2, -0.15) is 0 Å². The number of cyclic esters (lactones) is 1. The highest BCUT2D eigenvalue weighted by Gasteiger charge is 2.29. The number of carbonyl (C=O) groups excluding carboxylic acids is 2. The molecule has 2 heterocycles. The number of fused-ring (bicyclic) bond motifs is 1. The van der Waals surface area contributed by atoms with Gasteiger partial charge in [0.05, 0.1) is 23.2 Å². The molecular weight excluding hydrogens is 366 g/mol. The first-order chi connectivity index (χ1) is 13.1. The van der Waals surface area contributed by atoms with Gasteiger partial charge >= 0.3 is 6.09 Å². The molecule has 2 aromatic rings. The summed E-state index contributed by atoms with van der Waals surface area (Å²) in [5.74, 6) is -0.271. The van der Waals surface area contributed by atoms with Crippen molar-refractivity contribution < 1.29 is 14.3 Å². The van der Waals surface area contributed by atoms with Crippen LogP contribution in [0.5, 0.6) is 0 Å². The zero-order valence-corrected chi connectivity index (χ0v) is 15.7. The summed E-state index contributed by atoms with van der Waals surface area (Å²) in [6.45, 7) is 0.509. The van der Waals surface area contributed by atoms with Crippen molar-refractivity contribution in [3.05, 3.63) is 34.6 Å². The fourth-order valence-electron chi connectivity index (χ4n) is 3.71. The molecule has 1 saturated carbocycles. The van der Waals surface area contributed by atoms with Crippen LogP contribution in [0.2, 0.25) is 0 Å². The first-order valence-corrected chi connectivity index (χ1v) is 10.2. The molecule has 1 aromatic heterocycles. The monoisotopic (exact) mass is 387 g/mol. The second kappa shape index (κ2) is 7.72. The predicted octanol–water partition coefficient (Wildman–Crippen LogP) is 2.97. The number of para-hydroxylation sites is 1. The highest BCUT2D eigenvalue weighted by Crippen LogP contribution is 2.31. The van der Waals surface area contributed by atoms with Gasteiger partial charge in [-0.25, -0.2) is 14.7 Å². The van der Waals surface area contributed by atoms with E-state index in [1.807, 2.05) is 18.2 Å². The molecule has 1 aliphatic heterocycles. The average Bonchev–Trinajstić information content (AvgIpc) is 3.13. The van der Waals surface area contributed by atoms with E-state index in [4.69, 9.17) is 4.74 Å². The minimum Gasteiger partial charge on any atom is -0.447 e. The fourth-order valence-corrected chi connectivity index (χ4v) is 4.66. The number of thioether (sulfide) groups is 1. The lowest BCUT2D eigenvalue weighted by Crippen LogP contribution is -2.33. The molecule has 2 amide bonds. The Morgan fingerprint density at radius 2 is 1.96 bits per heavy atom. The zero-order valence-electron chi connectivity index (χ0n) is 14.9. The molecule has 0 atom stereocenters. The van der Waals surface area contributed by atoms with Gasteiger partial charge in [-0.05, 0) is 25.0 Å². The van der Waals surface area contributed by atoms with Crippen molar-refractivity contribution >= 4 is 34.7 Å². The van der Waals surface area contributed by atoms with Gasteiger partial charge in [0.25, 0.3) is 5.56 Å². The van der Waals surface area contributed by atoms with Crippen LogP contribution in [0.4, 0.5) is 4.79 Å². The van der Waals surface area contributed by atoms with Crippen molar-refractivity contribution in [1.29, 1.82) is 0 Å². The first kappa shape index (κ1) is 18.0. The summed E-state index contributed by atoms with van der Waals surface area (Å²) in [6, 6.07) is 7.40. The van der Waals surface area contributed by atoms with Gasteiger partial charge in [-0.15, -0.1) is 0 Å². The van der Waals surface area contributed by atoms with Gasteiger partial charge in [-0.1, -0.05) is 43.2 Å². The molecule has 0 unspecified atom stereocenters. The Bertz CT molecular complexity index is 936. The Morgan fingerprint density at radius 3 is 2.70 bits per heavy atom. The third-order valence-corrected chi connectivity index (χ3v) is 6.04. The fraction of sp³-hybridized carbons (Fsp3) is 0.474. The molecule has 0 N–H and O–H groups in total. The number of hydrogen-bond acceptors (Lipinski definition) is 6. The van der Waals surface area contributed by atoms with Crippen LogP contribution < -0.4 is 5.56 Å². The topological polar surface area (TPSA) is 81.5 Å². The molecule has 1 aliphatic carbocycles. The lowest BCUT2D eigenvalue weighted by Gasteiger charge is -2.26. The number of ether oxygens (including phenoxy) is 1. The van der Waals surface area contributed by atoms with Crippen molar-refractivity contribution in [2.24, 2.45) is 0 Å². The predicted molar refractivity (Wildman–Crippen MR) is 102 cm³/mol. The molecular formula is C19H21N3O4S. The molecule has 2 aliphatic rings. The smallest absolute Gasteiger partial charge is 0.416 e. The van der Waals surface area contributed by atoms with Crippen LogP contribution in [0.3, 0.4) is 0 Å². The average molecular weight is 387 g/mol. The molecule has 0 radical (unpaired) electrons. The Labute approximate surface area is 160 Å². The number of amides is 2. The third-order valence-electron chi connectivity index (χ3n) is 5.10. The van der Waals surface area contributed by atoms with Crippen LogP contribution in [-0.2, 0) is 9.53 Å². The molecule has 142 valence electrons. The van der Waals surface area contributed by atoms with Crippen molar-refractivity contribution in [1.82, 2.24) is 14.5 Å². The van der Waals surface area contributed by atoms with Crippen LogP contribution in [0.25, 0.3) is 10.9 Å². The summed E-state index contributed by atoms with van der Waals surface area (Å²) in [6.07, 6.45) is 4.65. The second-order valence-corrected chi connectivity index (χ2v) is 7.77. The molecule has 8 heteroatoms. The Balaban J connectivity index is 1.66. The number of rotatable bonds is 4. The lowest BCUT2D eigenvalue weighted by molar-refractivity contribution is -0.125. The van der Waals surface area contributed by atoms with Gasteiger partial charge in [0, 0.05) is 6.04 Å². The number of imide groups is 1. The molecule has 27 heavy (non-hydrogen) atoms.